The Bertz CT molecular complexity index is 383. The van der Waals surface area contributed by atoms with E-state index in [0.29, 0.717) is 6.42 Å². The molecule has 0 radical (unpaired) electrons. The summed E-state index contributed by atoms with van der Waals surface area (Å²) in [5, 5.41) is 15.0. The molecule has 1 aliphatic heterocycles. The predicted molar refractivity (Wildman–Crippen MR) is 71.5 cm³/mol. The fourth-order valence-corrected chi connectivity index (χ4v) is 2.20. The average molecular weight is 248 g/mol. The molecule has 3 N–H and O–H groups in total. The number of carbonyl (C=O) groups is 1. The smallest absolute Gasteiger partial charge is 0.228 e. The van der Waals surface area contributed by atoms with Gasteiger partial charge in [0.05, 0.1) is 5.92 Å². The molecule has 1 aromatic rings. The van der Waals surface area contributed by atoms with E-state index in [1.165, 1.54) is 0 Å². The second kappa shape index (κ2) is 6.52. The van der Waals surface area contributed by atoms with Gasteiger partial charge in [0.2, 0.25) is 5.91 Å². The molecule has 1 heterocycles. The average Bonchev–Trinajstić information content (AvgIpc) is 2.42. The van der Waals surface area contributed by atoms with E-state index >= 15 is 0 Å². The molecule has 2 rings (SSSR count). The molecule has 1 atom stereocenters. The van der Waals surface area contributed by atoms with Crippen LogP contribution in [0.4, 0.5) is 5.69 Å². The Kier molecular flexibility index (Phi) is 4.73. The molecular weight excluding hydrogens is 228 g/mol. The molecule has 4 heteroatoms. The number of amides is 1. The summed E-state index contributed by atoms with van der Waals surface area (Å²) in [4.78, 5) is 12.0. The number of nitrogens with one attached hydrogen (secondary N) is 2. The van der Waals surface area contributed by atoms with Crippen LogP contribution in [-0.4, -0.2) is 30.7 Å². The zero-order valence-corrected chi connectivity index (χ0v) is 10.5. The lowest BCUT2D eigenvalue weighted by Crippen LogP contribution is -2.37. The normalized spacial score (nSPS) is 19.5. The highest BCUT2D eigenvalue weighted by molar-refractivity contribution is 5.92. The van der Waals surface area contributed by atoms with Crippen molar-refractivity contribution in [1.29, 1.82) is 0 Å². The van der Waals surface area contributed by atoms with Crippen molar-refractivity contribution in [3.63, 3.8) is 0 Å². The number of anilines is 1. The zero-order valence-electron chi connectivity index (χ0n) is 10.5. The van der Waals surface area contributed by atoms with Crippen molar-refractivity contribution in [2.24, 2.45) is 5.92 Å². The summed E-state index contributed by atoms with van der Waals surface area (Å²) in [5.74, 6) is 0.174. The van der Waals surface area contributed by atoms with Crippen LogP contribution in [0.1, 0.15) is 18.4 Å². The van der Waals surface area contributed by atoms with Gasteiger partial charge in [-0.2, -0.15) is 0 Å². The molecule has 18 heavy (non-hydrogen) atoms. The molecule has 0 spiro atoms. The van der Waals surface area contributed by atoms with Gasteiger partial charge in [-0.25, -0.2) is 0 Å². The van der Waals surface area contributed by atoms with Crippen molar-refractivity contribution in [3.8, 4) is 0 Å². The Morgan fingerprint density at radius 1 is 1.39 bits per heavy atom. The van der Waals surface area contributed by atoms with Gasteiger partial charge < -0.3 is 15.7 Å². The van der Waals surface area contributed by atoms with E-state index in [-0.39, 0.29) is 18.4 Å². The first-order chi connectivity index (χ1) is 8.79. The summed E-state index contributed by atoms with van der Waals surface area (Å²) in [6.45, 7) is 1.94. The molecule has 98 valence electrons. The van der Waals surface area contributed by atoms with Crippen LogP contribution in [0, 0.1) is 5.92 Å². The molecule has 1 saturated heterocycles. The van der Waals surface area contributed by atoms with Gasteiger partial charge in [-0.3, -0.25) is 4.79 Å². The molecule has 4 nitrogen and oxygen atoms in total. The van der Waals surface area contributed by atoms with Crippen LogP contribution in [-0.2, 0) is 11.2 Å². The summed E-state index contributed by atoms with van der Waals surface area (Å²) >= 11 is 0. The molecule has 1 aliphatic rings. The second-order valence-corrected chi connectivity index (χ2v) is 4.70. The summed E-state index contributed by atoms with van der Waals surface area (Å²) < 4.78 is 0. The van der Waals surface area contributed by atoms with Crippen LogP contribution in [0.15, 0.2) is 24.3 Å². The largest absolute Gasteiger partial charge is 0.396 e. The van der Waals surface area contributed by atoms with Crippen molar-refractivity contribution in [2.75, 3.05) is 25.0 Å². The van der Waals surface area contributed by atoms with E-state index in [1.54, 1.807) is 0 Å². The molecule has 0 bridgehead atoms. The van der Waals surface area contributed by atoms with Gasteiger partial charge >= 0.3 is 0 Å². The summed E-state index contributed by atoms with van der Waals surface area (Å²) in [5.41, 5.74) is 1.90. The number of carbonyl (C=O) groups excluding carboxylic acids is 1. The first kappa shape index (κ1) is 13.1. The van der Waals surface area contributed by atoms with E-state index < -0.39 is 0 Å². The maximum Gasteiger partial charge on any atom is 0.228 e. The molecule has 1 aromatic carbocycles. The van der Waals surface area contributed by atoms with Gasteiger partial charge in [-0.15, -0.1) is 0 Å². The van der Waals surface area contributed by atoms with E-state index in [0.717, 1.165) is 37.2 Å². The van der Waals surface area contributed by atoms with E-state index in [4.69, 9.17) is 5.11 Å². The number of hydrogen-bond donors (Lipinski definition) is 3. The topological polar surface area (TPSA) is 61.4 Å². The number of aliphatic hydroxyl groups is 1. The fraction of sp³-hybridized carbons (Fsp3) is 0.500. The van der Waals surface area contributed by atoms with Crippen molar-refractivity contribution in [2.45, 2.75) is 19.3 Å². The van der Waals surface area contributed by atoms with Crippen LogP contribution >= 0.6 is 0 Å². The Morgan fingerprint density at radius 3 is 2.78 bits per heavy atom. The Hall–Kier alpha value is -1.39. The molecule has 0 unspecified atom stereocenters. The molecule has 1 amide bonds. The second-order valence-electron chi connectivity index (χ2n) is 4.70. The number of piperidine rings is 1. The minimum absolute atomic E-state index is 0.0795. The van der Waals surface area contributed by atoms with E-state index in [1.807, 2.05) is 24.3 Å². The number of aliphatic hydroxyl groups excluding tert-OH is 1. The minimum Gasteiger partial charge on any atom is -0.396 e. The van der Waals surface area contributed by atoms with E-state index in [9.17, 15) is 4.79 Å². The van der Waals surface area contributed by atoms with Crippen molar-refractivity contribution in [3.05, 3.63) is 29.8 Å². The number of hydrogen-bond acceptors (Lipinski definition) is 3. The van der Waals surface area contributed by atoms with Crippen LogP contribution < -0.4 is 10.6 Å². The molecule has 0 aliphatic carbocycles. The van der Waals surface area contributed by atoms with Gasteiger partial charge in [0.25, 0.3) is 0 Å². The van der Waals surface area contributed by atoms with Gasteiger partial charge in [0, 0.05) is 18.8 Å². The first-order valence-electron chi connectivity index (χ1n) is 6.51. The van der Waals surface area contributed by atoms with Gasteiger partial charge in [0.15, 0.2) is 0 Å². The van der Waals surface area contributed by atoms with Crippen LogP contribution in [0.5, 0.6) is 0 Å². The summed E-state index contributed by atoms with van der Waals surface area (Å²) in [6, 6.07) is 7.65. The highest BCUT2D eigenvalue weighted by Crippen LogP contribution is 2.15. The zero-order chi connectivity index (χ0) is 12.8. The third kappa shape index (κ3) is 3.55. The first-order valence-corrected chi connectivity index (χ1v) is 6.51. The van der Waals surface area contributed by atoms with Crippen LogP contribution in [0.2, 0.25) is 0 Å². The van der Waals surface area contributed by atoms with Crippen molar-refractivity contribution in [1.82, 2.24) is 5.32 Å². The Balaban J connectivity index is 1.89. The highest BCUT2D eigenvalue weighted by atomic mass is 16.2. The quantitative estimate of drug-likeness (QED) is 0.749. The third-order valence-electron chi connectivity index (χ3n) is 3.29. The SMILES string of the molecule is O=C(Nc1ccc(CCO)cc1)[C@@H]1CCCNC1. The minimum atomic E-state index is 0.0795. The van der Waals surface area contributed by atoms with E-state index in [2.05, 4.69) is 10.6 Å². The molecule has 0 aromatic heterocycles. The van der Waals surface area contributed by atoms with Crippen LogP contribution in [0.25, 0.3) is 0 Å². The Morgan fingerprint density at radius 2 is 2.17 bits per heavy atom. The fourth-order valence-electron chi connectivity index (χ4n) is 2.20. The third-order valence-corrected chi connectivity index (χ3v) is 3.29. The monoisotopic (exact) mass is 248 g/mol. The summed E-state index contributed by atoms with van der Waals surface area (Å²) in [7, 11) is 0. The molecular formula is C14H20N2O2. The van der Waals surface area contributed by atoms with Gasteiger partial charge in [-0.1, -0.05) is 12.1 Å². The number of benzene rings is 1. The van der Waals surface area contributed by atoms with Gasteiger partial charge in [0.1, 0.15) is 0 Å². The van der Waals surface area contributed by atoms with Crippen molar-refractivity contribution >= 4 is 11.6 Å². The maximum absolute atomic E-state index is 12.0. The standard InChI is InChI=1S/C14H20N2O2/c17-9-7-11-3-5-13(6-4-11)16-14(18)12-2-1-8-15-10-12/h3-6,12,15,17H,1-2,7-10H2,(H,16,18)/t12-/m1/s1. The lowest BCUT2D eigenvalue weighted by Gasteiger charge is -2.21. The lowest BCUT2D eigenvalue weighted by molar-refractivity contribution is -0.120. The van der Waals surface area contributed by atoms with Crippen molar-refractivity contribution < 1.29 is 9.90 Å². The predicted octanol–water partition coefficient (Wildman–Crippen LogP) is 1.16. The summed E-state index contributed by atoms with van der Waals surface area (Å²) in [6.07, 6.45) is 2.68. The lowest BCUT2D eigenvalue weighted by atomic mass is 9.99. The number of rotatable bonds is 4. The van der Waals surface area contributed by atoms with Gasteiger partial charge in [-0.05, 0) is 43.5 Å². The maximum atomic E-state index is 12.0. The van der Waals surface area contributed by atoms with Crippen LogP contribution in [0.3, 0.4) is 0 Å². The highest BCUT2D eigenvalue weighted by Gasteiger charge is 2.20. The molecule has 1 fully saturated rings. The molecule has 0 saturated carbocycles. The Labute approximate surface area is 107 Å².